The van der Waals surface area contributed by atoms with Gasteiger partial charge in [-0.1, -0.05) is 18.6 Å². The normalized spacial score (nSPS) is 12.1. The number of ether oxygens (including phenoxy) is 1. The number of hydrogen-bond acceptors (Lipinski definition) is 4. The quantitative estimate of drug-likeness (QED) is 0.560. The Labute approximate surface area is 112 Å². The van der Waals surface area contributed by atoms with E-state index in [1.165, 1.54) is 11.8 Å². The highest BCUT2D eigenvalue weighted by atomic mass is 32.2. The van der Waals surface area contributed by atoms with E-state index in [1.807, 2.05) is 24.3 Å². The van der Waals surface area contributed by atoms with Gasteiger partial charge in [0, 0.05) is 0 Å². The predicted molar refractivity (Wildman–Crippen MR) is 73.2 cm³/mol. The molecule has 0 heterocycles. The van der Waals surface area contributed by atoms with Gasteiger partial charge in [-0.3, -0.25) is 4.79 Å². The molecule has 1 aromatic carbocycles. The maximum Gasteiger partial charge on any atom is 0.316 e. The Kier molecular flexibility index (Phi) is 6.60. The number of nitrogens with two attached hydrogens (primary N) is 1. The number of carbonyl (C=O) groups is 1. The molecule has 18 heavy (non-hydrogen) atoms. The number of rotatable bonds is 8. The van der Waals surface area contributed by atoms with Gasteiger partial charge in [0.1, 0.15) is 11.0 Å². The SMILES string of the molecule is COc1ccccc1SC(CCCCN)C(=O)O. The Balaban J connectivity index is 2.67. The molecule has 0 spiro atoms. The predicted octanol–water partition coefficient (Wildman–Crippen LogP) is 2.37. The van der Waals surface area contributed by atoms with E-state index in [0.717, 1.165) is 17.7 Å². The summed E-state index contributed by atoms with van der Waals surface area (Å²) in [6.45, 7) is 0.603. The standard InChI is InChI=1S/C13H19NO3S/c1-17-10-6-2-3-7-11(10)18-12(13(15)16)8-4-5-9-14/h2-3,6-7,12H,4-5,8-9,14H2,1H3,(H,15,16). The lowest BCUT2D eigenvalue weighted by Gasteiger charge is -2.13. The number of para-hydroxylation sites is 1. The highest BCUT2D eigenvalue weighted by Crippen LogP contribution is 2.33. The molecule has 0 fully saturated rings. The van der Waals surface area contributed by atoms with Gasteiger partial charge in [0.05, 0.1) is 12.0 Å². The molecule has 1 atom stereocenters. The van der Waals surface area contributed by atoms with Crippen LogP contribution in [0.1, 0.15) is 19.3 Å². The number of hydrogen-bond donors (Lipinski definition) is 2. The summed E-state index contributed by atoms with van der Waals surface area (Å²) in [5.41, 5.74) is 5.41. The molecular weight excluding hydrogens is 250 g/mol. The van der Waals surface area contributed by atoms with Gasteiger partial charge >= 0.3 is 5.97 Å². The van der Waals surface area contributed by atoms with Gasteiger partial charge in [-0.25, -0.2) is 0 Å². The van der Waals surface area contributed by atoms with Gasteiger partial charge < -0.3 is 15.6 Å². The fraction of sp³-hybridized carbons (Fsp3) is 0.462. The number of benzene rings is 1. The van der Waals surface area contributed by atoms with Crippen molar-refractivity contribution in [1.29, 1.82) is 0 Å². The van der Waals surface area contributed by atoms with Crippen LogP contribution in [0.15, 0.2) is 29.2 Å². The van der Waals surface area contributed by atoms with E-state index >= 15 is 0 Å². The molecule has 0 aromatic heterocycles. The van der Waals surface area contributed by atoms with Gasteiger partial charge in [0.2, 0.25) is 0 Å². The van der Waals surface area contributed by atoms with E-state index in [4.69, 9.17) is 10.5 Å². The number of aliphatic carboxylic acids is 1. The topological polar surface area (TPSA) is 72.5 Å². The van der Waals surface area contributed by atoms with Gasteiger partial charge in [-0.05, 0) is 31.5 Å². The van der Waals surface area contributed by atoms with Crippen molar-refractivity contribution in [2.75, 3.05) is 13.7 Å². The van der Waals surface area contributed by atoms with E-state index in [-0.39, 0.29) is 0 Å². The van der Waals surface area contributed by atoms with E-state index in [2.05, 4.69) is 0 Å². The van der Waals surface area contributed by atoms with Gasteiger partial charge in [-0.2, -0.15) is 0 Å². The van der Waals surface area contributed by atoms with Crippen LogP contribution in [0.25, 0.3) is 0 Å². The molecular formula is C13H19NO3S. The van der Waals surface area contributed by atoms with E-state index in [1.54, 1.807) is 7.11 Å². The average Bonchev–Trinajstić information content (AvgIpc) is 2.38. The minimum Gasteiger partial charge on any atom is -0.496 e. The average molecular weight is 269 g/mol. The molecule has 1 unspecified atom stereocenters. The van der Waals surface area contributed by atoms with Crippen molar-refractivity contribution < 1.29 is 14.6 Å². The number of methoxy groups -OCH3 is 1. The third-order valence-electron chi connectivity index (χ3n) is 2.53. The molecule has 0 radical (unpaired) electrons. The molecule has 0 aliphatic rings. The van der Waals surface area contributed by atoms with Crippen molar-refractivity contribution in [2.24, 2.45) is 5.73 Å². The minimum absolute atomic E-state index is 0.451. The molecule has 0 bridgehead atoms. The lowest BCUT2D eigenvalue weighted by atomic mass is 10.2. The lowest BCUT2D eigenvalue weighted by Crippen LogP contribution is -2.16. The van der Waals surface area contributed by atoms with Crippen molar-refractivity contribution >= 4 is 17.7 Å². The first-order chi connectivity index (χ1) is 8.69. The maximum absolute atomic E-state index is 11.2. The van der Waals surface area contributed by atoms with Crippen LogP contribution in [-0.4, -0.2) is 30.0 Å². The summed E-state index contributed by atoms with van der Waals surface area (Å²) in [5, 5.41) is 8.75. The summed E-state index contributed by atoms with van der Waals surface area (Å²) in [7, 11) is 1.59. The minimum atomic E-state index is -0.789. The van der Waals surface area contributed by atoms with Crippen molar-refractivity contribution in [3.05, 3.63) is 24.3 Å². The molecule has 5 heteroatoms. The van der Waals surface area contributed by atoms with Crippen LogP contribution in [-0.2, 0) is 4.79 Å². The second-order valence-corrected chi connectivity index (χ2v) is 5.12. The molecule has 1 rings (SSSR count). The second kappa shape index (κ2) is 8.00. The van der Waals surface area contributed by atoms with E-state index < -0.39 is 11.2 Å². The molecule has 100 valence electrons. The summed E-state index contributed by atoms with van der Waals surface area (Å²) < 4.78 is 5.22. The first kappa shape index (κ1) is 14.9. The number of carboxylic acids is 1. The zero-order valence-corrected chi connectivity index (χ0v) is 11.3. The van der Waals surface area contributed by atoms with Crippen LogP contribution < -0.4 is 10.5 Å². The molecule has 0 aliphatic heterocycles. The summed E-state index contributed by atoms with van der Waals surface area (Å²) >= 11 is 1.33. The highest BCUT2D eigenvalue weighted by Gasteiger charge is 2.19. The monoisotopic (exact) mass is 269 g/mol. The summed E-state index contributed by atoms with van der Waals surface area (Å²) in [6.07, 6.45) is 2.31. The molecule has 0 amide bonds. The zero-order valence-electron chi connectivity index (χ0n) is 10.5. The van der Waals surface area contributed by atoms with E-state index in [0.29, 0.717) is 18.7 Å². The van der Waals surface area contributed by atoms with Crippen LogP contribution in [0, 0.1) is 0 Å². The van der Waals surface area contributed by atoms with Crippen molar-refractivity contribution in [3.63, 3.8) is 0 Å². The summed E-state index contributed by atoms with van der Waals surface area (Å²) in [5.74, 6) is -0.0736. The third kappa shape index (κ3) is 4.58. The number of unbranched alkanes of at least 4 members (excludes halogenated alkanes) is 1. The molecule has 1 aromatic rings. The first-order valence-corrected chi connectivity index (χ1v) is 6.79. The largest absolute Gasteiger partial charge is 0.496 e. The summed E-state index contributed by atoms with van der Waals surface area (Å²) in [6, 6.07) is 7.46. The highest BCUT2D eigenvalue weighted by molar-refractivity contribution is 8.00. The van der Waals surface area contributed by atoms with E-state index in [9.17, 15) is 9.90 Å². The van der Waals surface area contributed by atoms with Crippen LogP contribution in [0.4, 0.5) is 0 Å². The number of carboxylic acid groups (broad SMARTS) is 1. The van der Waals surface area contributed by atoms with Gasteiger partial charge in [0.25, 0.3) is 0 Å². The fourth-order valence-electron chi connectivity index (χ4n) is 1.58. The van der Waals surface area contributed by atoms with Crippen LogP contribution in [0.3, 0.4) is 0 Å². The van der Waals surface area contributed by atoms with Crippen LogP contribution in [0.2, 0.25) is 0 Å². The maximum atomic E-state index is 11.2. The smallest absolute Gasteiger partial charge is 0.316 e. The van der Waals surface area contributed by atoms with Crippen molar-refractivity contribution in [3.8, 4) is 5.75 Å². The Hall–Kier alpha value is -1.20. The Bertz CT molecular complexity index is 384. The van der Waals surface area contributed by atoms with Crippen molar-refractivity contribution in [2.45, 2.75) is 29.4 Å². The Morgan fingerprint density at radius 2 is 2.17 bits per heavy atom. The van der Waals surface area contributed by atoms with Gasteiger partial charge in [-0.15, -0.1) is 11.8 Å². The second-order valence-electron chi connectivity index (χ2n) is 3.88. The molecule has 0 saturated carbocycles. The first-order valence-electron chi connectivity index (χ1n) is 5.91. The van der Waals surface area contributed by atoms with Crippen LogP contribution >= 0.6 is 11.8 Å². The Morgan fingerprint density at radius 1 is 1.44 bits per heavy atom. The van der Waals surface area contributed by atoms with Gasteiger partial charge in [0.15, 0.2) is 0 Å². The Morgan fingerprint density at radius 3 is 2.78 bits per heavy atom. The molecule has 3 N–H and O–H groups in total. The fourth-order valence-corrected chi connectivity index (χ4v) is 2.69. The van der Waals surface area contributed by atoms with Crippen LogP contribution in [0.5, 0.6) is 5.75 Å². The van der Waals surface area contributed by atoms with Crippen molar-refractivity contribution in [1.82, 2.24) is 0 Å². The lowest BCUT2D eigenvalue weighted by molar-refractivity contribution is -0.136. The number of thioether (sulfide) groups is 1. The third-order valence-corrected chi connectivity index (χ3v) is 3.85. The molecule has 0 saturated heterocycles. The molecule has 4 nitrogen and oxygen atoms in total. The summed E-state index contributed by atoms with van der Waals surface area (Å²) in [4.78, 5) is 12.1. The zero-order chi connectivity index (χ0) is 13.4. The molecule has 0 aliphatic carbocycles.